The highest BCUT2D eigenvalue weighted by Gasteiger charge is 2.30. The van der Waals surface area contributed by atoms with Gasteiger partial charge in [0.25, 0.3) is 5.78 Å². The van der Waals surface area contributed by atoms with Crippen molar-refractivity contribution in [2.75, 3.05) is 13.7 Å². The molecule has 1 amide bonds. The Kier molecular flexibility index (Phi) is 4.51. The number of hydrogen-bond donors (Lipinski definition) is 0. The lowest BCUT2D eigenvalue weighted by molar-refractivity contribution is -0.134. The van der Waals surface area contributed by atoms with Gasteiger partial charge >= 0.3 is 0 Å². The number of likely N-dealkylation sites (tertiary alicyclic amines) is 1. The largest absolute Gasteiger partial charge is 0.497 e. The van der Waals surface area contributed by atoms with Crippen LogP contribution in [0, 0.1) is 0 Å². The minimum Gasteiger partial charge on any atom is -0.497 e. The maximum absolute atomic E-state index is 13.0. The van der Waals surface area contributed by atoms with E-state index in [2.05, 4.69) is 15.1 Å². The summed E-state index contributed by atoms with van der Waals surface area (Å²) in [6.07, 6.45) is 6.66. The lowest BCUT2D eigenvalue weighted by Crippen LogP contribution is -2.40. The molecule has 0 bridgehead atoms. The van der Waals surface area contributed by atoms with Crippen LogP contribution >= 0.6 is 0 Å². The molecule has 1 saturated heterocycles. The fraction of sp³-hybridized carbons (Fsp3) is 0.368. The van der Waals surface area contributed by atoms with E-state index in [0.29, 0.717) is 12.2 Å². The molecule has 26 heavy (non-hydrogen) atoms. The van der Waals surface area contributed by atoms with Crippen LogP contribution in [0.3, 0.4) is 0 Å². The van der Waals surface area contributed by atoms with Crippen molar-refractivity contribution in [1.29, 1.82) is 0 Å². The van der Waals surface area contributed by atoms with E-state index in [4.69, 9.17) is 4.74 Å². The monoisotopic (exact) mass is 351 g/mol. The maximum Gasteiger partial charge on any atom is 0.252 e. The van der Waals surface area contributed by atoms with Crippen LogP contribution in [0.2, 0.25) is 0 Å². The number of carbonyl (C=O) groups is 1. The topological polar surface area (TPSA) is 72.6 Å². The zero-order valence-electron chi connectivity index (χ0n) is 14.7. The Morgan fingerprint density at radius 1 is 1.19 bits per heavy atom. The van der Waals surface area contributed by atoms with Gasteiger partial charge in [0.05, 0.1) is 25.3 Å². The van der Waals surface area contributed by atoms with Gasteiger partial charge in [0.2, 0.25) is 5.91 Å². The molecule has 134 valence electrons. The number of aromatic nitrogens is 4. The first-order valence-electron chi connectivity index (χ1n) is 8.83. The zero-order valence-corrected chi connectivity index (χ0v) is 14.7. The lowest BCUT2D eigenvalue weighted by Gasteiger charge is -2.36. The van der Waals surface area contributed by atoms with Crippen molar-refractivity contribution in [1.82, 2.24) is 24.5 Å². The van der Waals surface area contributed by atoms with Crippen LogP contribution in [-0.2, 0) is 11.2 Å². The van der Waals surface area contributed by atoms with E-state index in [9.17, 15) is 4.79 Å². The fourth-order valence-corrected chi connectivity index (χ4v) is 3.57. The number of piperidine rings is 1. The van der Waals surface area contributed by atoms with Gasteiger partial charge in [-0.25, -0.2) is 4.98 Å². The molecule has 7 heteroatoms. The third kappa shape index (κ3) is 3.12. The predicted octanol–water partition coefficient (Wildman–Crippen LogP) is 2.43. The number of methoxy groups -OCH3 is 1. The van der Waals surface area contributed by atoms with Crippen LogP contribution in [0.15, 0.2) is 42.9 Å². The van der Waals surface area contributed by atoms with Crippen molar-refractivity contribution in [2.24, 2.45) is 0 Å². The molecule has 0 radical (unpaired) electrons. The van der Waals surface area contributed by atoms with Crippen molar-refractivity contribution < 1.29 is 9.53 Å². The summed E-state index contributed by atoms with van der Waals surface area (Å²) in [5.41, 5.74) is 1.95. The second-order valence-corrected chi connectivity index (χ2v) is 6.47. The second kappa shape index (κ2) is 7.11. The summed E-state index contributed by atoms with van der Waals surface area (Å²) < 4.78 is 6.92. The van der Waals surface area contributed by atoms with Gasteiger partial charge < -0.3 is 9.64 Å². The van der Waals surface area contributed by atoms with Crippen LogP contribution in [0.1, 0.15) is 36.6 Å². The van der Waals surface area contributed by atoms with Gasteiger partial charge in [-0.3, -0.25) is 4.79 Å². The van der Waals surface area contributed by atoms with Gasteiger partial charge in [0.15, 0.2) is 0 Å². The van der Waals surface area contributed by atoms with Crippen molar-refractivity contribution in [2.45, 2.75) is 31.7 Å². The Balaban J connectivity index is 1.58. The first-order valence-corrected chi connectivity index (χ1v) is 8.83. The summed E-state index contributed by atoms with van der Waals surface area (Å²) in [6, 6.07) is 9.60. The van der Waals surface area contributed by atoms with Gasteiger partial charge in [-0.15, -0.1) is 0 Å². The van der Waals surface area contributed by atoms with E-state index in [1.54, 1.807) is 17.8 Å². The number of fused-ring (bicyclic) bond motifs is 1. The first-order chi connectivity index (χ1) is 12.8. The van der Waals surface area contributed by atoms with Gasteiger partial charge in [-0.05, 0) is 43.0 Å². The SMILES string of the molecule is COc1ccc(CC(=O)N2CCCC[C@H]2c2ccnc3ncnn23)cc1. The van der Waals surface area contributed by atoms with E-state index in [1.165, 1.54) is 6.33 Å². The van der Waals surface area contributed by atoms with E-state index in [-0.39, 0.29) is 11.9 Å². The Hall–Kier alpha value is -2.96. The minimum absolute atomic E-state index is 0.00157. The molecule has 0 spiro atoms. The number of benzene rings is 1. The van der Waals surface area contributed by atoms with Crippen molar-refractivity contribution in [3.8, 4) is 5.75 Å². The van der Waals surface area contributed by atoms with E-state index < -0.39 is 0 Å². The summed E-state index contributed by atoms with van der Waals surface area (Å²) >= 11 is 0. The highest BCUT2D eigenvalue weighted by molar-refractivity contribution is 5.79. The van der Waals surface area contributed by atoms with Crippen molar-refractivity contribution in [3.63, 3.8) is 0 Å². The summed E-state index contributed by atoms with van der Waals surface area (Å²) in [5.74, 6) is 1.49. The molecule has 3 heterocycles. The molecule has 4 rings (SSSR count). The number of hydrogen-bond acceptors (Lipinski definition) is 5. The van der Waals surface area contributed by atoms with E-state index in [0.717, 1.165) is 42.8 Å². The highest BCUT2D eigenvalue weighted by atomic mass is 16.5. The van der Waals surface area contributed by atoms with Gasteiger partial charge in [-0.1, -0.05) is 12.1 Å². The molecule has 0 aliphatic carbocycles. The molecule has 1 atom stereocenters. The molecule has 0 N–H and O–H groups in total. The Morgan fingerprint density at radius 2 is 2.04 bits per heavy atom. The number of rotatable bonds is 4. The first kappa shape index (κ1) is 16.5. The van der Waals surface area contributed by atoms with Crippen LogP contribution in [0.25, 0.3) is 5.78 Å². The summed E-state index contributed by atoms with van der Waals surface area (Å²) in [7, 11) is 1.64. The third-order valence-corrected chi connectivity index (χ3v) is 4.89. The molecule has 1 aliphatic rings. The second-order valence-electron chi connectivity index (χ2n) is 6.47. The highest BCUT2D eigenvalue weighted by Crippen LogP contribution is 2.31. The lowest BCUT2D eigenvalue weighted by atomic mass is 9.98. The molecule has 0 saturated carbocycles. The molecule has 0 unspecified atom stereocenters. The van der Waals surface area contributed by atoms with Crippen molar-refractivity contribution in [3.05, 3.63) is 54.1 Å². The number of amides is 1. The normalized spacial score (nSPS) is 17.4. The average molecular weight is 351 g/mol. The Morgan fingerprint density at radius 3 is 2.85 bits per heavy atom. The molecule has 7 nitrogen and oxygen atoms in total. The number of nitrogens with zero attached hydrogens (tertiary/aromatic N) is 5. The summed E-state index contributed by atoms with van der Waals surface area (Å²) in [6.45, 7) is 0.762. The van der Waals surface area contributed by atoms with Gasteiger partial charge in [-0.2, -0.15) is 14.6 Å². The van der Waals surface area contributed by atoms with Gasteiger partial charge in [0, 0.05) is 12.7 Å². The average Bonchev–Trinajstić information content (AvgIpc) is 3.17. The maximum atomic E-state index is 13.0. The summed E-state index contributed by atoms with van der Waals surface area (Å²) in [4.78, 5) is 23.4. The smallest absolute Gasteiger partial charge is 0.252 e. The number of ether oxygens (including phenoxy) is 1. The predicted molar refractivity (Wildman–Crippen MR) is 95.8 cm³/mol. The standard InChI is InChI=1S/C19H21N5O2/c1-26-15-7-5-14(6-8-15)12-18(25)23-11-3-2-4-16(23)17-9-10-20-19-21-13-22-24(17)19/h5-10,13,16H,2-4,11-12H2,1H3/t16-/m0/s1. The molecule has 2 aromatic heterocycles. The van der Waals surface area contributed by atoms with E-state index in [1.807, 2.05) is 35.2 Å². The van der Waals surface area contributed by atoms with Crippen molar-refractivity contribution >= 4 is 11.7 Å². The molecule has 1 fully saturated rings. The van der Waals surface area contributed by atoms with Crippen LogP contribution in [-0.4, -0.2) is 44.0 Å². The van der Waals surface area contributed by atoms with E-state index >= 15 is 0 Å². The Bertz CT molecular complexity index is 906. The third-order valence-electron chi connectivity index (χ3n) is 4.89. The molecule has 1 aliphatic heterocycles. The molecule has 3 aromatic rings. The molecular formula is C19H21N5O2. The van der Waals surface area contributed by atoms with Crippen LogP contribution in [0.4, 0.5) is 0 Å². The number of carbonyl (C=O) groups excluding carboxylic acids is 1. The fourth-order valence-electron chi connectivity index (χ4n) is 3.57. The van der Waals surface area contributed by atoms with Gasteiger partial charge in [0.1, 0.15) is 12.1 Å². The quantitative estimate of drug-likeness (QED) is 0.722. The Labute approximate surface area is 151 Å². The summed E-state index contributed by atoms with van der Waals surface area (Å²) in [5, 5.41) is 4.28. The van der Waals surface area contributed by atoms with Crippen LogP contribution < -0.4 is 4.74 Å². The molecular weight excluding hydrogens is 330 g/mol. The zero-order chi connectivity index (χ0) is 17.9. The minimum atomic E-state index is 0.00157. The van der Waals surface area contributed by atoms with Crippen LogP contribution in [0.5, 0.6) is 5.75 Å². The molecule has 1 aromatic carbocycles.